The maximum atomic E-state index is 11.6. The summed E-state index contributed by atoms with van der Waals surface area (Å²) in [4.78, 5) is 15.8. The average Bonchev–Trinajstić information content (AvgIpc) is 3.01. The number of rotatable bonds is 6. The van der Waals surface area contributed by atoms with Crippen LogP contribution in [0.4, 0.5) is 5.69 Å². The number of hydrogen-bond acceptors (Lipinski definition) is 5. The van der Waals surface area contributed by atoms with Gasteiger partial charge in [0.1, 0.15) is 17.0 Å². The van der Waals surface area contributed by atoms with Gasteiger partial charge in [-0.25, -0.2) is 4.98 Å². The van der Waals surface area contributed by atoms with Crippen LogP contribution in [0.5, 0.6) is 11.6 Å². The lowest BCUT2D eigenvalue weighted by Gasteiger charge is -2.08. The van der Waals surface area contributed by atoms with Crippen molar-refractivity contribution in [3.63, 3.8) is 0 Å². The van der Waals surface area contributed by atoms with Crippen LogP contribution in [0.1, 0.15) is 32.4 Å². The summed E-state index contributed by atoms with van der Waals surface area (Å²) in [5.74, 6) is 1.86. The summed E-state index contributed by atoms with van der Waals surface area (Å²) in [5, 5.41) is 7.69. The Kier molecular flexibility index (Phi) is 4.74. The van der Waals surface area contributed by atoms with Crippen LogP contribution in [-0.2, 0) is 11.2 Å². The predicted octanol–water partition coefficient (Wildman–Crippen LogP) is 4.32. The van der Waals surface area contributed by atoms with Crippen LogP contribution in [0.25, 0.3) is 10.9 Å². The number of carbonyl (C=O) groups is 1. The number of amides is 1. The number of hydrogen-bond donors (Lipinski definition) is 1. The van der Waals surface area contributed by atoms with Crippen molar-refractivity contribution >= 4 is 22.5 Å². The molecule has 0 aliphatic carbocycles. The Bertz CT molecular complexity index is 840. The molecule has 3 rings (SSSR count). The fourth-order valence-electron chi connectivity index (χ4n) is 2.43. The standard InChI is InChI=1S/C18H19N3O3/c1-3-6-16(22)20-12-9-10-17(19-11-12)23-15-8-5-7-13-18(15)14(4-2)24-21-13/h5,7-11H,3-4,6H2,1-2H3,(H,20,22). The minimum Gasteiger partial charge on any atom is -0.438 e. The van der Waals surface area contributed by atoms with Gasteiger partial charge in [0, 0.05) is 18.9 Å². The fraction of sp³-hybridized carbons (Fsp3) is 0.278. The minimum atomic E-state index is -0.0187. The molecule has 24 heavy (non-hydrogen) atoms. The largest absolute Gasteiger partial charge is 0.438 e. The zero-order valence-corrected chi connectivity index (χ0v) is 13.7. The molecule has 0 radical (unpaired) electrons. The van der Waals surface area contributed by atoms with Crippen LogP contribution >= 0.6 is 0 Å². The van der Waals surface area contributed by atoms with Gasteiger partial charge in [0.05, 0.1) is 17.3 Å². The molecule has 0 fully saturated rings. The normalized spacial score (nSPS) is 10.8. The summed E-state index contributed by atoms with van der Waals surface area (Å²) in [6, 6.07) is 9.09. The van der Waals surface area contributed by atoms with Crippen LogP contribution in [0.15, 0.2) is 41.1 Å². The first-order valence-corrected chi connectivity index (χ1v) is 8.02. The Morgan fingerprint density at radius 2 is 2.12 bits per heavy atom. The SMILES string of the molecule is CCCC(=O)Nc1ccc(Oc2cccc3noc(CC)c23)nc1. The first-order chi connectivity index (χ1) is 11.7. The third kappa shape index (κ3) is 3.37. The molecule has 0 spiro atoms. The van der Waals surface area contributed by atoms with Crippen molar-refractivity contribution in [2.45, 2.75) is 33.1 Å². The highest BCUT2D eigenvalue weighted by Gasteiger charge is 2.13. The van der Waals surface area contributed by atoms with Crippen molar-refractivity contribution in [1.82, 2.24) is 10.1 Å². The molecule has 1 aromatic carbocycles. The quantitative estimate of drug-likeness (QED) is 0.730. The van der Waals surface area contributed by atoms with E-state index in [4.69, 9.17) is 9.26 Å². The van der Waals surface area contributed by atoms with Gasteiger partial charge in [-0.3, -0.25) is 4.79 Å². The number of aromatic nitrogens is 2. The number of ether oxygens (including phenoxy) is 1. The number of anilines is 1. The van der Waals surface area contributed by atoms with Crippen molar-refractivity contribution in [3.05, 3.63) is 42.3 Å². The highest BCUT2D eigenvalue weighted by molar-refractivity contribution is 5.90. The highest BCUT2D eigenvalue weighted by Crippen LogP contribution is 2.32. The molecule has 0 bridgehead atoms. The van der Waals surface area contributed by atoms with E-state index in [0.29, 0.717) is 23.7 Å². The summed E-state index contributed by atoms with van der Waals surface area (Å²) in [6.45, 7) is 3.97. The van der Waals surface area contributed by atoms with E-state index in [2.05, 4.69) is 15.5 Å². The molecule has 2 aromatic heterocycles. The summed E-state index contributed by atoms with van der Waals surface area (Å²) in [6.07, 6.45) is 3.61. The molecule has 1 amide bonds. The number of benzene rings is 1. The monoisotopic (exact) mass is 325 g/mol. The van der Waals surface area contributed by atoms with Crippen LogP contribution in [0.2, 0.25) is 0 Å². The predicted molar refractivity (Wildman–Crippen MR) is 91.2 cm³/mol. The molecule has 124 valence electrons. The van der Waals surface area contributed by atoms with Gasteiger partial charge in [-0.15, -0.1) is 0 Å². The van der Waals surface area contributed by atoms with E-state index < -0.39 is 0 Å². The second kappa shape index (κ2) is 7.12. The smallest absolute Gasteiger partial charge is 0.224 e. The Balaban J connectivity index is 1.79. The third-order valence-corrected chi connectivity index (χ3v) is 3.57. The van der Waals surface area contributed by atoms with E-state index in [-0.39, 0.29) is 5.91 Å². The minimum absolute atomic E-state index is 0.0187. The number of pyridine rings is 1. The molecular formula is C18H19N3O3. The maximum Gasteiger partial charge on any atom is 0.224 e. The zero-order valence-electron chi connectivity index (χ0n) is 13.7. The first kappa shape index (κ1) is 16.0. The molecule has 0 saturated heterocycles. The van der Waals surface area contributed by atoms with E-state index >= 15 is 0 Å². The van der Waals surface area contributed by atoms with Crippen molar-refractivity contribution in [3.8, 4) is 11.6 Å². The second-order valence-electron chi connectivity index (χ2n) is 5.39. The molecule has 6 heteroatoms. The van der Waals surface area contributed by atoms with Crippen LogP contribution in [-0.4, -0.2) is 16.0 Å². The number of nitrogens with one attached hydrogen (secondary N) is 1. The van der Waals surface area contributed by atoms with E-state index in [0.717, 1.165) is 29.5 Å². The Morgan fingerprint density at radius 1 is 1.25 bits per heavy atom. The first-order valence-electron chi connectivity index (χ1n) is 8.02. The molecule has 0 aliphatic heterocycles. The van der Waals surface area contributed by atoms with E-state index in [1.807, 2.05) is 32.0 Å². The van der Waals surface area contributed by atoms with Gasteiger partial charge in [0.25, 0.3) is 0 Å². The van der Waals surface area contributed by atoms with E-state index in [1.54, 1.807) is 18.3 Å². The van der Waals surface area contributed by atoms with Gasteiger partial charge in [-0.1, -0.05) is 25.1 Å². The number of aryl methyl sites for hydroxylation is 1. The average molecular weight is 325 g/mol. The lowest BCUT2D eigenvalue weighted by atomic mass is 10.1. The molecule has 2 heterocycles. The molecule has 1 N–H and O–H groups in total. The summed E-state index contributed by atoms with van der Waals surface area (Å²) >= 11 is 0. The molecule has 0 saturated carbocycles. The number of fused-ring (bicyclic) bond motifs is 1. The van der Waals surface area contributed by atoms with Gasteiger partial charge in [-0.05, 0) is 24.6 Å². The zero-order chi connectivity index (χ0) is 16.9. The molecule has 0 unspecified atom stereocenters. The fourth-order valence-corrected chi connectivity index (χ4v) is 2.43. The van der Waals surface area contributed by atoms with Crippen molar-refractivity contribution in [1.29, 1.82) is 0 Å². The third-order valence-electron chi connectivity index (χ3n) is 3.57. The van der Waals surface area contributed by atoms with Gasteiger partial charge < -0.3 is 14.6 Å². The molecular weight excluding hydrogens is 306 g/mol. The molecule has 3 aromatic rings. The van der Waals surface area contributed by atoms with E-state index in [9.17, 15) is 4.79 Å². The second-order valence-corrected chi connectivity index (χ2v) is 5.39. The van der Waals surface area contributed by atoms with Gasteiger partial charge in [0.15, 0.2) is 0 Å². The topological polar surface area (TPSA) is 77.2 Å². The van der Waals surface area contributed by atoms with Gasteiger partial charge in [-0.2, -0.15) is 0 Å². The van der Waals surface area contributed by atoms with Crippen molar-refractivity contribution < 1.29 is 14.1 Å². The van der Waals surface area contributed by atoms with Crippen molar-refractivity contribution in [2.75, 3.05) is 5.32 Å². The van der Waals surface area contributed by atoms with Crippen LogP contribution in [0, 0.1) is 0 Å². The molecule has 0 aliphatic rings. The number of nitrogens with zero attached hydrogens (tertiary/aromatic N) is 2. The van der Waals surface area contributed by atoms with E-state index in [1.165, 1.54) is 0 Å². The lowest BCUT2D eigenvalue weighted by Crippen LogP contribution is -2.10. The van der Waals surface area contributed by atoms with Gasteiger partial charge >= 0.3 is 0 Å². The molecule has 6 nitrogen and oxygen atoms in total. The van der Waals surface area contributed by atoms with Crippen LogP contribution < -0.4 is 10.1 Å². The van der Waals surface area contributed by atoms with Crippen LogP contribution in [0.3, 0.4) is 0 Å². The maximum absolute atomic E-state index is 11.6. The Morgan fingerprint density at radius 3 is 2.83 bits per heavy atom. The molecule has 0 atom stereocenters. The summed E-state index contributed by atoms with van der Waals surface area (Å²) < 4.78 is 11.2. The lowest BCUT2D eigenvalue weighted by molar-refractivity contribution is -0.116. The summed E-state index contributed by atoms with van der Waals surface area (Å²) in [7, 11) is 0. The summed E-state index contributed by atoms with van der Waals surface area (Å²) in [5.41, 5.74) is 1.41. The number of carbonyl (C=O) groups excluding carboxylic acids is 1. The van der Waals surface area contributed by atoms with Gasteiger partial charge in [0.2, 0.25) is 11.8 Å². The highest BCUT2D eigenvalue weighted by atomic mass is 16.5. The Labute approximate surface area is 139 Å². The van der Waals surface area contributed by atoms with Crippen molar-refractivity contribution in [2.24, 2.45) is 0 Å². The Hall–Kier alpha value is -2.89.